The first-order valence-electron chi connectivity index (χ1n) is 4.90. The van der Waals surface area contributed by atoms with Crippen LogP contribution in [0.15, 0.2) is 23.4 Å². The maximum absolute atomic E-state index is 10.7. The van der Waals surface area contributed by atoms with Gasteiger partial charge in [0.2, 0.25) is 0 Å². The highest BCUT2D eigenvalue weighted by molar-refractivity contribution is 5.73. The van der Waals surface area contributed by atoms with E-state index < -0.39 is 0 Å². The van der Waals surface area contributed by atoms with Crippen molar-refractivity contribution in [1.82, 2.24) is 4.90 Å². The van der Waals surface area contributed by atoms with E-state index in [9.17, 15) is 4.79 Å². The molecule has 1 fully saturated rings. The van der Waals surface area contributed by atoms with Crippen molar-refractivity contribution >= 4 is 6.29 Å². The molecule has 2 aliphatic rings. The van der Waals surface area contributed by atoms with Crippen molar-refractivity contribution in [2.45, 2.75) is 19.1 Å². The lowest BCUT2D eigenvalue weighted by Gasteiger charge is -2.33. The van der Waals surface area contributed by atoms with E-state index in [0.29, 0.717) is 11.6 Å². The maximum atomic E-state index is 10.7. The monoisotopic (exact) mass is 193 g/mol. The topological polar surface area (TPSA) is 29.5 Å². The van der Waals surface area contributed by atoms with Crippen LogP contribution in [-0.2, 0) is 9.53 Å². The van der Waals surface area contributed by atoms with E-state index in [2.05, 4.69) is 0 Å². The van der Waals surface area contributed by atoms with Crippen molar-refractivity contribution in [1.29, 1.82) is 0 Å². The van der Waals surface area contributed by atoms with Crippen molar-refractivity contribution in [3.05, 3.63) is 23.4 Å². The minimum Gasteiger partial charge on any atom is -0.358 e. The van der Waals surface area contributed by atoms with Crippen LogP contribution >= 0.6 is 0 Å². The molecular weight excluding hydrogens is 178 g/mol. The van der Waals surface area contributed by atoms with Gasteiger partial charge in [-0.3, -0.25) is 4.79 Å². The Morgan fingerprint density at radius 1 is 1.50 bits per heavy atom. The fraction of sp³-hybridized carbons (Fsp3) is 0.545. The Balaban J connectivity index is 2.26. The van der Waals surface area contributed by atoms with Crippen LogP contribution in [0.1, 0.15) is 12.8 Å². The Labute approximate surface area is 84.0 Å². The number of rotatable bonds is 3. The van der Waals surface area contributed by atoms with Crippen LogP contribution in [0, 0.1) is 5.92 Å². The highest BCUT2D eigenvalue weighted by Crippen LogP contribution is 2.41. The summed E-state index contributed by atoms with van der Waals surface area (Å²) >= 11 is 0. The average molecular weight is 193 g/mol. The van der Waals surface area contributed by atoms with Crippen molar-refractivity contribution < 1.29 is 9.53 Å². The summed E-state index contributed by atoms with van der Waals surface area (Å²) in [5.74, 6) is 0.673. The van der Waals surface area contributed by atoms with Crippen molar-refractivity contribution in [3.63, 3.8) is 0 Å². The van der Waals surface area contributed by atoms with Gasteiger partial charge in [-0.2, -0.15) is 0 Å². The van der Waals surface area contributed by atoms with Crippen LogP contribution in [-0.4, -0.2) is 31.6 Å². The zero-order chi connectivity index (χ0) is 10.1. The summed E-state index contributed by atoms with van der Waals surface area (Å²) in [7, 11) is 3.58. The molecule has 0 radical (unpaired) electrons. The normalized spacial score (nSPS) is 27.0. The van der Waals surface area contributed by atoms with Gasteiger partial charge in [0, 0.05) is 14.2 Å². The standard InChI is InChI=1S/C11H15NO2/c1-12-9(7-13)5-6-10(8-3-4-8)11(12)14-2/h5-8,11H,3-4H2,1-2H3. The number of likely N-dealkylation sites (N-methyl/N-ethyl adjacent to an activating group) is 1. The van der Waals surface area contributed by atoms with Gasteiger partial charge in [-0.25, -0.2) is 0 Å². The number of hydrogen-bond donors (Lipinski definition) is 0. The van der Waals surface area contributed by atoms with Gasteiger partial charge in [-0.1, -0.05) is 6.08 Å². The smallest absolute Gasteiger partial charge is 0.166 e. The number of ether oxygens (including phenoxy) is 1. The summed E-state index contributed by atoms with van der Waals surface area (Å²) in [5, 5.41) is 0. The number of allylic oxidation sites excluding steroid dienone is 3. The van der Waals surface area contributed by atoms with Crippen LogP contribution in [0.4, 0.5) is 0 Å². The number of aldehydes is 1. The molecule has 2 rings (SSSR count). The first-order chi connectivity index (χ1) is 6.77. The number of methoxy groups -OCH3 is 1. The zero-order valence-electron chi connectivity index (χ0n) is 8.56. The molecule has 14 heavy (non-hydrogen) atoms. The number of carbonyl (C=O) groups excluding carboxylic acids is 1. The molecule has 0 amide bonds. The minimum absolute atomic E-state index is 0.0484. The van der Waals surface area contributed by atoms with Crippen molar-refractivity contribution in [2.75, 3.05) is 14.2 Å². The molecule has 1 unspecified atom stereocenters. The zero-order valence-corrected chi connectivity index (χ0v) is 8.56. The Kier molecular flexibility index (Phi) is 2.42. The minimum atomic E-state index is -0.0484. The molecule has 0 aromatic carbocycles. The quantitative estimate of drug-likeness (QED) is 0.633. The Hall–Kier alpha value is -1.09. The van der Waals surface area contributed by atoms with Gasteiger partial charge in [-0.15, -0.1) is 0 Å². The number of carbonyl (C=O) groups is 1. The average Bonchev–Trinajstić information content (AvgIpc) is 3.00. The van der Waals surface area contributed by atoms with E-state index in [1.165, 1.54) is 18.4 Å². The maximum Gasteiger partial charge on any atom is 0.166 e. The van der Waals surface area contributed by atoms with Crippen LogP contribution in [0.5, 0.6) is 0 Å². The van der Waals surface area contributed by atoms with E-state index in [0.717, 1.165) is 6.29 Å². The molecule has 1 saturated carbocycles. The van der Waals surface area contributed by atoms with Gasteiger partial charge in [0.05, 0.1) is 5.70 Å². The first kappa shape index (κ1) is 9.46. The summed E-state index contributed by atoms with van der Waals surface area (Å²) in [6.07, 6.45) is 7.23. The van der Waals surface area contributed by atoms with E-state index >= 15 is 0 Å². The second-order valence-corrected chi connectivity index (χ2v) is 3.85. The van der Waals surface area contributed by atoms with Gasteiger partial charge in [0.25, 0.3) is 0 Å². The Morgan fingerprint density at radius 3 is 2.71 bits per heavy atom. The van der Waals surface area contributed by atoms with Gasteiger partial charge in [0.15, 0.2) is 12.5 Å². The van der Waals surface area contributed by atoms with Gasteiger partial charge in [-0.05, 0) is 30.4 Å². The lowest BCUT2D eigenvalue weighted by atomic mass is 10.0. The fourth-order valence-corrected chi connectivity index (χ4v) is 1.91. The Morgan fingerprint density at radius 2 is 2.21 bits per heavy atom. The molecule has 0 saturated heterocycles. The summed E-state index contributed by atoms with van der Waals surface area (Å²) in [6, 6.07) is 0. The predicted octanol–water partition coefficient (Wildman–Crippen LogP) is 1.32. The molecule has 1 aliphatic heterocycles. The largest absolute Gasteiger partial charge is 0.358 e. The lowest BCUT2D eigenvalue weighted by molar-refractivity contribution is -0.107. The Bertz CT molecular complexity index is 302. The van der Waals surface area contributed by atoms with E-state index in [1.807, 2.05) is 24.1 Å². The molecule has 1 atom stereocenters. The van der Waals surface area contributed by atoms with Crippen molar-refractivity contribution in [3.8, 4) is 0 Å². The molecule has 0 spiro atoms. The number of hydrogen-bond acceptors (Lipinski definition) is 3. The molecule has 3 heteroatoms. The fourth-order valence-electron chi connectivity index (χ4n) is 1.91. The molecule has 0 aromatic rings. The molecular formula is C11H15NO2. The molecule has 0 N–H and O–H groups in total. The lowest BCUT2D eigenvalue weighted by Crippen LogP contribution is -2.37. The molecule has 0 bridgehead atoms. The summed E-state index contributed by atoms with van der Waals surface area (Å²) in [5.41, 5.74) is 1.99. The summed E-state index contributed by atoms with van der Waals surface area (Å²) < 4.78 is 5.41. The van der Waals surface area contributed by atoms with E-state index in [1.54, 1.807) is 7.11 Å². The number of nitrogens with zero attached hydrogens (tertiary/aromatic N) is 1. The first-order valence-corrected chi connectivity index (χ1v) is 4.90. The third kappa shape index (κ3) is 1.48. The van der Waals surface area contributed by atoms with Crippen LogP contribution in [0.3, 0.4) is 0 Å². The van der Waals surface area contributed by atoms with Crippen LogP contribution < -0.4 is 0 Å². The predicted molar refractivity (Wildman–Crippen MR) is 53.5 cm³/mol. The second kappa shape index (κ2) is 3.58. The SMILES string of the molecule is COC1C(C2CC2)=CC=C(C=O)N1C. The van der Waals surface area contributed by atoms with Crippen LogP contribution in [0.2, 0.25) is 0 Å². The van der Waals surface area contributed by atoms with Gasteiger partial charge < -0.3 is 9.64 Å². The highest BCUT2D eigenvalue weighted by atomic mass is 16.5. The van der Waals surface area contributed by atoms with Gasteiger partial charge >= 0.3 is 0 Å². The molecule has 76 valence electrons. The van der Waals surface area contributed by atoms with E-state index in [-0.39, 0.29) is 6.23 Å². The third-order valence-electron chi connectivity index (χ3n) is 2.88. The molecule has 0 aromatic heterocycles. The molecule has 3 nitrogen and oxygen atoms in total. The highest BCUT2D eigenvalue weighted by Gasteiger charge is 2.34. The van der Waals surface area contributed by atoms with Crippen LogP contribution in [0.25, 0.3) is 0 Å². The van der Waals surface area contributed by atoms with Crippen molar-refractivity contribution in [2.24, 2.45) is 5.92 Å². The van der Waals surface area contributed by atoms with Gasteiger partial charge in [0.1, 0.15) is 0 Å². The summed E-state index contributed by atoms with van der Waals surface area (Å²) in [4.78, 5) is 12.6. The third-order valence-corrected chi connectivity index (χ3v) is 2.88. The van der Waals surface area contributed by atoms with E-state index in [4.69, 9.17) is 4.74 Å². The summed E-state index contributed by atoms with van der Waals surface area (Å²) in [6.45, 7) is 0. The molecule has 1 aliphatic carbocycles. The second-order valence-electron chi connectivity index (χ2n) is 3.85. The molecule has 1 heterocycles.